The molecule has 154 valence electrons. The molecule has 1 aliphatic carbocycles. The average molecular weight is 480 g/mol. The van der Waals surface area contributed by atoms with E-state index in [0.29, 0.717) is 36.3 Å². The van der Waals surface area contributed by atoms with Gasteiger partial charge in [-0.15, -0.1) is 0 Å². The van der Waals surface area contributed by atoms with Gasteiger partial charge in [-0.25, -0.2) is 8.42 Å². The number of aromatic nitrogens is 1. The molecule has 0 spiro atoms. The standard InChI is InChI=1S/C20H22BrN3O4S/c1-13-18-16(3-2-4-17(18)25)22-19(13)20(26)23-9-11-24(12-10-23)29(27,28)15-7-5-14(21)6-8-15/h5-8,22H,2-4,9-12H2,1H3. The summed E-state index contributed by atoms with van der Waals surface area (Å²) in [5.41, 5.74) is 2.67. The van der Waals surface area contributed by atoms with Gasteiger partial charge < -0.3 is 9.88 Å². The fraction of sp³-hybridized carbons (Fsp3) is 0.400. The lowest BCUT2D eigenvalue weighted by molar-refractivity contribution is 0.0691. The number of fused-ring (bicyclic) bond motifs is 1. The number of ketones is 1. The quantitative estimate of drug-likeness (QED) is 0.732. The lowest BCUT2D eigenvalue weighted by Gasteiger charge is -2.34. The van der Waals surface area contributed by atoms with Gasteiger partial charge in [-0.2, -0.15) is 4.31 Å². The van der Waals surface area contributed by atoms with Crippen LogP contribution in [0.4, 0.5) is 0 Å². The van der Waals surface area contributed by atoms with E-state index in [4.69, 9.17) is 0 Å². The number of nitrogens with zero attached hydrogens (tertiary/aromatic N) is 2. The Morgan fingerprint density at radius 3 is 2.34 bits per heavy atom. The maximum Gasteiger partial charge on any atom is 0.270 e. The van der Waals surface area contributed by atoms with Crippen molar-refractivity contribution in [1.29, 1.82) is 0 Å². The summed E-state index contributed by atoms with van der Waals surface area (Å²) in [6.45, 7) is 2.91. The molecule has 2 heterocycles. The number of rotatable bonds is 3. The van der Waals surface area contributed by atoms with Crippen molar-refractivity contribution in [2.75, 3.05) is 26.2 Å². The predicted octanol–water partition coefficient (Wildman–Crippen LogP) is 2.75. The van der Waals surface area contributed by atoms with Gasteiger partial charge in [-0.05, 0) is 49.6 Å². The molecule has 1 aliphatic heterocycles. The number of nitrogens with one attached hydrogen (secondary N) is 1. The number of carbonyl (C=O) groups is 2. The Labute approximate surface area is 178 Å². The van der Waals surface area contributed by atoms with Gasteiger partial charge in [-0.3, -0.25) is 9.59 Å². The van der Waals surface area contributed by atoms with Gasteiger partial charge in [0.15, 0.2) is 5.78 Å². The molecule has 9 heteroatoms. The first-order valence-electron chi connectivity index (χ1n) is 9.58. The van der Waals surface area contributed by atoms with Crippen molar-refractivity contribution in [3.05, 3.63) is 51.3 Å². The Bertz CT molecular complexity index is 1070. The van der Waals surface area contributed by atoms with Gasteiger partial charge in [0.1, 0.15) is 5.69 Å². The number of aryl methyl sites for hydroxylation is 1. The van der Waals surface area contributed by atoms with Crippen molar-refractivity contribution in [3.63, 3.8) is 0 Å². The van der Waals surface area contributed by atoms with E-state index >= 15 is 0 Å². The molecule has 0 unspecified atom stereocenters. The molecule has 1 saturated heterocycles. The molecule has 0 atom stereocenters. The third kappa shape index (κ3) is 3.67. The molecule has 0 radical (unpaired) electrons. The van der Waals surface area contributed by atoms with E-state index in [2.05, 4.69) is 20.9 Å². The highest BCUT2D eigenvalue weighted by Crippen LogP contribution is 2.28. The highest BCUT2D eigenvalue weighted by atomic mass is 79.9. The number of amides is 1. The number of halogens is 1. The van der Waals surface area contributed by atoms with Crippen LogP contribution >= 0.6 is 15.9 Å². The van der Waals surface area contributed by atoms with Crippen LogP contribution in [0.25, 0.3) is 0 Å². The van der Waals surface area contributed by atoms with Crippen LogP contribution in [0.1, 0.15) is 44.9 Å². The van der Waals surface area contributed by atoms with Crippen molar-refractivity contribution in [2.45, 2.75) is 31.1 Å². The smallest absolute Gasteiger partial charge is 0.270 e. The first-order chi connectivity index (χ1) is 13.8. The van der Waals surface area contributed by atoms with Crippen LogP contribution in [-0.4, -0.2) is 60.5 Å². The van der Waals surface area contributed by atoms with Gasteiger partial charge >= 0.3 is 0 Å². The molecule has 1 aromatic heterocycles. The summed E-state index contributed by atoms with van der Waals surface area (Å²) < 4.78 is 27.9. The minimum atomic E-state index is -3.59. The molecule has 0 saturated carbocycles. The van der Waals surface area contributed by atoms with Crippen molar-refractivity contribution in [1.82, 2.24) is 14.2 Å². The second-order valence-electron chi connectivity index (χ2n) is 7.41. The predicted molar refractivity (Wildman–Crippen MR) is 112 cm³/mol. The van der Waals surface area contributed by atoms with E-state index in [1.54, 1.807) is 36.1 Å². The third-order valence-corrected chi connectivity index (χ3v) is 8.07. The van der Waals surface area contributed by atoms with E-state index in [1.165, 1.54) is 4.31 Å². The fourth-order valence-electron chi connectivity index (χ4n) is 4.03. The number of benzene rings is 1. The SMILES string of the molecule is Cc1c(C(=O)N2CCN(S(=O)(=O)c3ccc(Br)cc3)CC2)[nH]c2c1C(=O)CCC2. The van der Waals surface area contributed by atoms with E-state index in [0.717, 1.165) is 23.0 Å². The highest BCUT2D eigenvalue weighted by molar-refractivity contribution is 9.10. The van der Waals surface area contributed by atoms with Crippen LogP contribution in [-0.2, 0) is 16.4 Å². The largest absolute Gasteiger partial charge is 0.354 e. The fourth-order valence-corrected chi connectivity index (χ4v) is 5.72. The zero-order valence-electron chi connectivity index (χ0n) is 16.1. The topological polar surface area (TPSA) is 90.6 Å². The first kappa shape index (κ1) is 20.3. The molecule has 4 rings (SSSR count). The molecule has 1 N–H and O–H groups in total. The van der Waals surface area contributed by atoms with Crippen molar-refractivity contribution < 1.29 is 18.0 Å². The number of piperazine rings is 1. The molecular formula is C20H22BrN3O4S. The van der Waals surface area contributed by atoms with Crippen LogP contribution in [0, 0.1) is 6.92 Å². The van der Waals surface area contributed by atoms with Gasteiger partial charge in [0.2, 0.25) is 10.0 Å². The number of sulfonamides is 1. The van der Waals surface area contributed by atoms with Crippen LogP contribution in [0.2, 0.25) is 0 Å². The third-order valence-electron chi connectivity index (χ3n) is 5.63. The van der Waals surface area contributed by atoms with Crippen LogP contribution < -0.4 is 0 Å². The monoisotopic (exact) mass is 479 g/mol. The molecule has 2 aromatic rings. The lowest BCUT2D eigenvalue weighted by atomic mass is 9.94. The zero-order chi connectivity index (χ0) is 20.8. The summed E-state index contributed by atoms with van der Waals surface area (Å²) in [5.74, 6) is -0.0881. The Morgan fingerprint density at radius 1 is 1.07 bits per heavy atom. The second kappa shape index (κ2) is 7.70. The summed E-state index contributed by atoms with van der Waals surface area (Å²) in [7, 11) is -3.59. The van der Waals surface area contributed by atoms with Crippen molar-refractivity contribution >= 4 is 37.6 Å². The van der Waals surface area contributed by atoms with Crippen LogP contribution in [0.15, 0.2) is 33.6 Å². The summed E-state index contributed by atoms with van der Waals surface area (Å²) in [5, 5.41) is 0. The minimum absolute atomic E-state index is 0.0875. The van der Waals surface area contributed by atoms with Crippen LogP contribution in [0.5, 0.6) is 0 Å². The van der Waals surface area contributed by atoms with Gasteiger partial charge in [0, 0.05) is 48.3 Å². The molecular weight excluding hydrogens is 458 g/mol. The molecule has 2 aliphatic rings. The molecule has 29 heavy (non-hydrogen) atoms. The number of Topliss-reactive ketones (excluding diaryl/α,β-unsaturated/α-hetero) is 1. The van der Waals surface area contributed by atoms with Gasteiger partial charge in [0.05, 0.1) is 4.90 Å². The summed E-state index contributed by atoms with van der Waals surface area (Å²) in [6, 6.07) is 6.54. The van der Waals surface area contributed by atoms with Crippen molar-refractivity contribution in [3.8, 4) is 0 Å². The summed E-state index contributed by atoms with van der Waals surface area (Å²) >= 11 is 3.31. The molecule has 1 fully saturated rings. The number of hydrogen-bond acceptors (Lipinski definition) is 4. The summed E-state index contributed by atoms with van der Waals surface area (Å²) in [4.78, 5) is 30.3. The maximum absolute atomic E-state index is 13.0. The summed E-state index contributed by atoms with van der Waals surface area (Å²) in [6.07, 6.45) is 2.09. The Balaban J connectivity index is 1.48. The number of carbonyl (C=O) groups excluding carboxylic acids is 2. The number of hydrogen-bond donors (Lipinski definition) is 1. The van der Waals surface area contributed by atoms with Gasteiger partial charge in [0.25, 0.3) is 5.91 Å². The Hall–Kier alpha value is -1.97. The Morgan fingerprint density at radius 2 is 1.72 bits per heavy atom. The van der Waals surface area contributed by atoms with E-state index < -0.39 is 10.0 Å². The molecule has 0 bridgehead atoms. The van der Waals surface area contributed by atoms with Gasteiger partial charge in [-0.1, -0.05) is 15.9 Å². The maximum atomic E-state index is 13.0. The Kier molecular flexibility index (Phi) is 5.39. The first-order valence-corrected chi connectivity index (χ1v) is 11.8. The van der Waals surface area contributed by atoms with Crippen molar-refractivity contribution in [2.24, 2.45) is 0 Å². The highest BCUT2D eigenvalue weighted by Gasteiger charge is 2.33. The number of H-pyrrole nitrogens is 1. The van der Waals surface area contributed by atoms with E-state index in [-0.39, 0.29) is 29.7 Å². The lowest BCUT2D eigenvalue weighted by Crippen LogP contribution is -2.50. The number of aromatic amines is 1. The molecule has 7 nitrogen and oxygen atoms in total. The minimum Gasteiger partial charge on any atom is -0.354 e. The molecule has 1 amide bonds. The van der Waals surface area contributed by atoms with Crippen LogP contribution in [0.3, 0.4) is 0 Å². The second-order valence-corrected chi connectivity index (χ2v) is 10.3. The molecule has 1 aromatic carbocycles. The normalized spacial score (nSPS) is 18.0. The average Bonchev–Trinajstić information content (AvgIpc) is 3.05. The van der Waals surface area contributed by atoms with E-state index in [1.807, 2.05) is 0 Å². The zero-order valence-corrected chi connectivity index (χ0v) is 18.5. The van der Waals surface area contributed by atoms with E-state index in [9.17, 15) is 18.0 Å².